The minimum absolute atomic E-state index is 0.681. The summed E-state index contributed by atoms with van der Waals surface area (Å²) in [5, 5.41) is 3.71. The lowest BCUT2D eigenvalue weighted by molar-refractivity contribution is 0.176. The van der Waals surface area contributed by atoms with Crippen LogP contribution in [0.4, 0.5) is 0 Å². The summed E-state index contributed by atoms with van der Waals surface area (Å²) in [6.45, 7) is 15.2. The molecule has 0 aromatic heterocycles. The van der Waals surface area contributed by atoms with Crippen molar-refractivity contribution in [2.45, 2.75) is 85.2 Å². The van der Waals surface area contributed by atoms with Crippen LogP contribution in [-0.2, 0) is 0 Å². The van der Waals surface area contributed by atoms with Crippen molar-refractivity contribution < 1.29 is 0 Å². The van der Waals surface area contributed by atoms with Crippen LogP contribution >= 0.6 is 0 Å². The molecule has 0 bridgehead atoms. The maximum atomic E-state index is 3.71. The van der Waals surface area contributed by atoms with Gasteiger partial charge in [0.1, 0.15) is 0 Å². The van der Waals surface area contributed by atoms with Gasteiger partial charge in [0.2, 0.25) is 0 Å². The second kappa shape index (κ2) is 12.0. The largest absolute Gasteiger partial charge is 0.313 e. The molecule has 2 unspecified atom stereocenters. The molecule has 0 rings (SSSR count). The molecule has 0 amide bonds. The van der Waals surface area contributed by atoms with Gasteiger partial charge in [-0.1, -0.05) is 40.5 Å². The van der Waals surface area contributed by atoms with E-state index in [0.717, 1.165) is 12.6 Å². The zero-order valence-electron chi connectivity index (χ0n) is 13.5. The third-order valence-electron chi connectivity index (χ3n) is 3.79. The summed E-state index contributed by atoms with van der Waals surface area (Å²) in [5.74, 6) is 0. The topological polar surface area (TPSA) is 15.3 Å². The smallest absolute Gasteiger partial charge is 0.0195 e. The van der Waals surface area contributed by atoms with E-state index in [1.54, 1.807) is 0 Å². The molecule has 0 heterocycles. The van der Waals surface area contributed by atoms with Crippen molar-refractivity contribution >= 4 is 0 Å². The van der Waals surface area contributed by atoms with Crippen LogP contribution in [0.15, 0.2) is 0 Å². The zero-order valence-corrected chi connectivity index (χ0v) is 13.5. The summed E-state index contributed by atoms with van der Waals surface area (Å²) in [4.78, 5) is 2.69. The molecular weight excluding hydrogens is 220 g/mol. The number of nitrogens with zero attached hydrogens (tertiary/aromatic N) is 1. The van der Waals surface area contributed by atoms with Crippen LogP contribution in [0.5, 0.6) is 0 Å². The predicted octanol–water partition coefficient (Wildman–Crippen LogP) is 4.06. The monoisotopic (exact) mass is 256 g/mol. The van der Waals surface area contributed by atoms with E-state index in [4.69, 9.17) is 0 Å². The van der Waals surface area contributed by atoms with Crippen LogP contribution < -0.4 is 5.32 Å². The fourth-order valence-corrected chi connectivity index (χ4v) is 2.35. The summed E-state index contributed by atoms with van der Waals surface area (Å²) in [6, 6.07) is 1.40. The van der Waals surface area contributed by atoms with E-state index >= 15 is 0 Å². The fraction of sp³-hybridized carbons (Fsp3) is 1.00. The number of hydrogen-bond acceptors (Lipinski definition) is 2. The molecule has 0 aromatic carbocycles. The first kappa shape index (κ1) is 17.9. The molecule has 2 heteroatoms. The Morgan fingerprint density at radius 1 is 1.00 bits per heavy atom. The molecule has 1 N–H and O–H groups in total. The second-order valence-electron chi connectivity index (χ2n) is 5.55. The Kier molecular flexibility index (Phi) is 11.9. The molecule has 0 saturated carbocycles. The Bertz CT molecular complexity index is 170. The highest BCUT2D eigenvalue weighted by molar-refractivity contribution is 4.75. The van der Waals surface area contributed by atoms with Gasteiger partial charge in [-0.25, -0.2) is 0 Å². The van der Waals surface area contributed by atoms with Gasteiger partial charge < -0.3 is 5.32 Å². The molecular formula is C16H36N2. The minimum atomic E-state index is 0.681. The summed E-state index contributed by atoms with van der Waals surface area (Å²) >= 11 is 0. The van der Waals surface area contributed by atoms with Crippen LogP contribution in [0, 0.1) is 0 Å². The lowest BCUT2D eigenvalue weighted by atomic mass is 10.1. The van der Waals surface area contributed by atoms with Crippen LogP contribution in [0.2, 0.25) is 0 Å². The molecule has 0 fully saturated rings. The molecule has 0 spiro atoms. The Balaban J connectivity index is 4.27. The first-order valence-corrected chi connectivity index (χ1v) is 8.16. The van der Waals surface area contributed by atoms with Gasteiger partial charge in [-0.3, -0.25) is 4.90 Å². The van der Waals surface area contributed by atoms with Gasteiger partial charge in [0.05, 0.1) is 0 Å². The maximum absolute atomic E-state index is 3.71. The van der Waals surface area contributed by atoms with Crippen molar-refractivity contribution in [1.82, 2.24) is 10.2 Å². The van der Waals surface area contributed by atoms with Crippen molar-refractivity contribution in [2.75, 3.05) is 19.6 Å². The second-order valence-corrected chi connectivity index (χ2v) is 5.55. The Labute approximate surface area is 116 Å². The normalized spacial score (nSPS) is 15.0. The van der Waals surface area contributed by atoms with E-state index in [-0.39, 0.29) is 0 Å². The molecule has 0 aliphatic rings. The highest BCUT2D eigenvalue weighted by Crippen LogP contribution is 2.09. The van der Waals surface area contributed by atoms with Crippen molar-refractivity contribution in [2.24, 2.45) is 0 Å². The summed E-state index contributed by atoms with van der Waals surface area (Å²) in [5.41, 5.74) is 0. The van der Waals surface area contributed by atoms with Gasteiger partial charge in [0.25, 0.3) is 0 Å². The van der Waals surface area contributed by atoms with Crippen LogP contribution in [-0.4, -0.2) is 36.6 Å². The van der Waals surface area contributed by atoms with Gasteiger partial charge >= 0.3 is 0 Å². The quantitative estimate of drug-likeness (QED) is 0.566. The van der Waals surface area contributed by atoms with E-state index in [9.17, 15) is 0 Å². The third kappa shape index (κ3) is 8.10. The van der Waals surface area contributed by atoms with Crippen LogP contribution in [0.3, 0.4) is 0 Å². The SMILES string of the molecule is CCCCN(CC(CCC)NCCC)C(C)CC. The minimum Gasteiger partial charge on any atom is -0.313 e. The molecule has 0 aromatic rings. The Morgan fingerprint density at radius 3 is 2.22 bits per heavy atom. The molecule has 2 nitrogen and oxygen atoms in total. The van der Waals surface area contributed by atoms with E-state index in [2.05, 4.69) is 44.8 Å². The van der Waals surface area contributed by atoms with Crippen LogP contribution in [0.25, 0.3) is 0 Å². The van der Waals surface area contributed by atoms with E-state index < -0.39 is 0 Å². The molecule has 0 aliphatic carbocycles. The fourth-order valence-electron chi connectivity index (χ4n) is 2.35. The summed E-state index contributed by atoms with van der Waals surface area (Å²) < 4.78 is 0. The van der Waals surface area contributed by atoms with Gasteiger partial charge in [-0.15, -0.1) is 0 Å². The van der Waals surface area contributed by atoms with Crippen molar-refractivity contribution in [1.29, 1.82) is 0 Å². The van der Waals surface area contributed by atoms with Gasteiger partial charge in [0.15, 0.2) is 0 Å². The predicted molar refractivity (Wildman–Crippen MR) is 83.2 cm³/mol. The van der Waals surface area contributed by atoms with E-state index in [0.29, 0.717) is 6.04 Å². The highest BCUT2D eigenvalue weighted by atomic mass is 15.2. The molecule has 0 radical (unpaired) electrons. The van der Waals surface area contributed by atoms with Gasteiger partial charge in [-0.2, -0.15) is 0 Å². The highest BCUT2D eigenvalue weighted by Gasteiger charge is 2.16. The molecule has 0 saturated heterocycles. The average Bonchev–Trinajstić information content (AvgIpc) is 2.39. The van der Waals surface area contributed by atoms with Gasteiger partial charge in [0, 0.05) is 18.6 Å². The van der Waals surface area contributed by atoms with Crippen molar-refractivity contribution in [3.8, 4) is 0 Å². The molecule has 110 valence electrons. The maximum Gasteiger partial charge on any atom is 0.0195 e. The molecule has 0 aliphatic heterocycles. The number of nitrogens with one attached hydrogen (secondary N) is 1. The molecule has 18 heavy (non-hydrogen) atoms. The van der Waals surface area contributed by atoms with Crippen molar-refractivity contribution in [3.05, 3.63) is 0 Å². The first-order chi connectivity index (χ1) is 8.69. The first-order valence-electron chi connectivity index (χ1n) is 8.16. The summed E-state index contributed by atoms with van der Waals surface area (Å²) in [6.07, 6.45) is 7.71. The van der Waals surface area contributed by atoms with Gasteiger partial charge in [-0.05, 0) is 45.7 Å². The lowest BCUT2D eigenvalue weighted by Crippen LogP contribution is -2.45. The molecule has 2 atom stereocenters. The lowest BCUT2D eigenvalue weighted by Gasteiger charge is -2.32. The zero-order chi connectivity index (χ0) is 13.8. The third-order valence-corrected chi connectivity index (χ3v) is 3.79. The summed E-state index contributed by atoms with van der Waals surface area (Å²) in [7, 11) is 0. The van der Waals surface area contributed by atoms with E-state index in [1.165, 1.54) is 51.6 Å². The Hall–Kier alpha value is -0.0800. The number of unbranched alkanes of at least 4 members (excludes halogenated alkanes) is 1. The average molecular weight is 256 g/mol. The van der Waals surface area contributed by atoms with E-state index in [1.807, 2.05) is 0 Å². The standard InChI is InChI=1S/C16H36N2/c1-6-10-13-18(15(5)9-4)14-16(11-7-2)17-12-8-3/h15-17H,6-14H2,1-5H3. The van der Waals surface area contributed by atoms with Crippen molar-refractivity contribution in [3.63, 3.8) is 0 Å². The Morgan fingerprint density at radius 2 is 1.72 bits per heavy atom. The van der Waals surface area contributed by atoms with Crippen LogP contribution in [0.1, 0.15) is 73.1 Å². The number of rotatable bonds is 12. The number of hydrogen-bond donors (Lipinski definition) is 1.